The van der Waals surface area contributed by atoms with Crippen molar-refractivity contribution in [3.05, 3.63) is 124 Å². The van der Waals surface area contributed by atoms with Gasteiger partial charge in [0, 0.05) is 5.02 Å². The quantitative estimate of drug-likeness (QED) is 0.113. The number of halogens is 1. The van der Waals surface area contributed by atoms with Crippen molar-refractivity contribution in [1.82, 2.24) is 5.43 Å². The standard InChI is InChI=1S/C30H25ClN2O5/c1-2-36-25-17-11-23(12-18-25)30(35)38-26-15-9-21(10-16-26)19-32-33-29(34)27-5-3-4-6-28(27)37-20-22-7-13-24(31)14-8-22/h3-19H,2,20H2,1H3,(H,33,34)/b32-19+. The van der Waals surface area contributed by atoms with Gasteiger partial charge in [-0.1, -0.05) is 35.9 Å². The van der Waals surface area contributed by atoms with E-state index in [1.165, 1.54) is 6.21 Å². The molecular formula is C30H25ClN2O5. The summed E-state index contributed by atoms with van der Waals surface area (Å²) in [6.07, 6.45) is 1.49. The molecule has 0 unspecified atom stereocenters. The Bertz CT molecular complexity index is 1400. The van der Waals surface area contributed by atoms with Gasteiger partial charge in [-0.25, -0.2) is 10.2 Å². The summed E-state index contributed by atoms with van der Waals surface area (Å²) in [5, 5.41) is 4.68. The molecule has 7 nitrogen and oxygen atoms in total. The molecule has 0 bridgehead atoms. The first-order chi connectivity index (χ1) is 18.5. The number of hydrogen-bond acceptors (Lipinski definition) is 6. The summed E-state index contributed by atoms with van der Waals surface area (Å²) in [4.78, 5) is 25.1. The van der Waals surface area contributed by atoms with Crippen LogP contribution in [0.2, 0.25) is 5.02 Å². The molecule has 38 heavy (non-hydrogen) atoms. The fraction of sp³-hybridized carbons (Fsp3) is 0.100. The number of para-hydroxylation sites is 1. The molecule has 1 N–H and O–H groups in total. The number of amides is 1. The maximum atomic E-state index is 12.7. The van der Waals surface area contributed by atoms with Gasteiger partial charge in [0.15, 0.2) is 0 Å². The SMILES string of the molecule is CCOc1ccc(C(=O)Oc2ccc(/C=N/NC(=O)c3ccccc3OCc3ccc(Cl)cc3)cc2)cc1. The third-order valence-corrected chi connectivity index (χ3v) is 5.56. The van der Waals surface area contributed by atoms with Crippen molar-refractivity contribution >= 4 is 29.7 Å². The van der Waals surface area contributed by atoms with E-state index in [4.69, 9.17) is 25.8 Å². The first kappa shape index (κ1) is 26.4. The second-order valence-corrected chi connectivity index (χ2v) is 8.46. The molecule has 0 saturated carbocycles. The molecule has 8 heteroatoms. The van der Waals surface area contributed by atoms with Crippen LogP contribution in [0.1, 0.15) is 38.8 Å². The van der Waals surface area contributed by atoms with Gasteiger partial charge in [-0.3, -0.25) is 4.79 Å². The van der Waals surface area contributed by atoms with Crippen LogP contribution in [0.4, 0.5) is 0 Å². The Balaban J connectivity index is 1.30. The highest BCUT2D eigenvalue weighted by Gasteiger charge is 2.12. The number of hydrogen-bond donors (Lipinski definition) is 1. The number of ether oxygens (including phenoxy) is 3. The van der Waals surface area contributed by atoms with Crippen LogP contribution in [0.15, 0.2) is 102 Å². The minimum Gasteiger partial charge on any atom is -0.494 e. The van der Waals surface area contributed by atoms with Crippen LogP contribution >= 0.6 is 11.6 Å². The van der Waals surface area contributed by atoms with E-state index in [1.807, 2.05) is 19.1 Å². The van der Waals surface area contributed by atoms with Crippen molar-refractivity contribution in [1.29, 1.82) is 0 Å². The Morgan fingerprint density at radius 2 is 1.53 bits per heavy atom. The number of nitrogens with zero attached hydrogens (tertiary/aromatic N) is 1. The summed E-state index contributed by atoms with van der Waals surface area (Å²) in [5.41, 5.74) is 4.92. The summed E-state index contributed by atoms with van der Waals surface area (Å²) in [6, 6.07) is 27.7. The third-order valence-electron chi connectivity index (χ3n) is 5.31. The third kappa shape index (κ3) is 7.44. The van der Waals surface area contributed by atoms with Crippen molar-refractivity contribution < 1.29 is 23.8 Å². The molecule has 192 valence electrons. The summed E-state index contributed by atoms with van der Waals surface area (Å²) in [7, 11) is 0. The topological polar surface area (TPSA) is 86.2 Å². The minimum atomic E-state index is -0.473. The molecule has 0 aromatic heterocycles. The van der Waals surface area contributed by atoms with Gasteiger partial charge in [0.1, 0.15) is 23.9 Å². The Hall–Kier alpha value is -4.62. The number of esters is 1. The molecule has 0 radical (unpaired) electrons. The number of hydrazone groups is 1. The summed E-state index contributed by atoms with van der Waals surface area (Å²) in [5.74, 6) is 0.631. The number of carbonyl (C=O) groups excluding carboxylic acids is 2. The molecule has 4 aromatic carbocycles. The van der Waals surface area contributed by atoms with E-state index in [-0.39, 0.29) is 0 Å². The Kier molecular flexibility index (Phi) is 9.10. The van der Waals surface area contributed by atoms with Gasteiger partial charge in [-0.05, 0) is 90.8 Å². The largest absolute Gasteiger partial charge is 0.494 e. The van der Waals surface area contributed by atoms with Crippen LogP contribution in [-0.4, -0.2) is 24.7 Å². The van der Waals surface area contributed by atoms with Crippen molar-refractivity contribution in [2.45, 2.75) is 13.5 Å². The normalized spacial score (nSPS) is 10.7. The van der Waals surface area contributed by atoms with E-state index in [0.717, 1.165) is 5.56 Å². The molecular weight excluding hydrogens is 504 g/mol. The predicted molar refractivity (Wildman–Crippen MR) is 146 cm³/mol. The molecule has 4 rings (SSSR count). The second-order valence-electron chi connectivity index (χ2n) is 8.03. The van der Waals surface area contributed by atoms with Gasteiger partial charge in [0.05, 0.1) is 23.9 Å². The number of nitrogens with one attached hydrogen (secondary N) is 1. The lowest BCUT2D eigenvalue weighted by atomic mass is 10.2. The van der Waals surface area contributed by atoms with Crippen LogP contribution in [0.25, 0.3) is 0 Å². The summed E-state index contributed by atoms with van der Waals surface area (Å²) in [6.45, 7) is 2.74. The highest BCUT2D eigenvalue weighted by Crippen LogP contribution is 2.20. The molecule has 0 saturated heterocycles. The Morgan fingerprint density at radius 1 is 0.842 bits per heavy atom. The van der Waals surface area contributed by atoms with Crippen molar-refractivity contribution in [2.75, 3.05) is 6.61 Å². The molecule has 0 aliphatic carbocycles. The van der Waals surface area contributed by atoms with Crippen molar-refractivity contribution in [3.8, 4) is 17.2 Å². The minimum absolute atomic E-state index is 0.292. The van der Waals surface area contributed by atoms with Crippen LogP contribution in [-0.2, 0) is 6.61 Å². The highest BCUT2D eigenvalue weighted by atomic mass is 35.5. The Morgan fingerprint density at radius 3 is 2.24 bits per heavy atom. The van der Waals surface area contributed by atoms with Crippen LogP contribution in [0.5, 0.6) is 17.2 Å². The molecule has 0 heterocycles. The van der Waals surface area contributed by atoms with Gasteiger partial charge in [0.25, 0.3) is 5.91 Å². The predicted octanol–water partition coefficient (Wildman–Crippen LogP) is 6.30. The van der Waals surface area contributed by atoms with Crippen LogP contribution in [0.3, 0.4) is 0 Å². The van der Waals surface area contributed by atoms with Crippen LogP contribution < -0.4 is 19.6 Å². The number of carbonyl (C=O) groups is 2. The summed E-state index contributed by atoms with van der Waals surface area (Å²) >= 11 is 5.92. The van der Waals surface area contributed by atoms with E-state index in [9.17, 15) is 9.59 Å². The molecule has 0 spiro atoms. The lowest BCUT2D eigenvalue weighted by molar-refractivity contribution is 0.0734. The first-order valence-corrected chi connectivity index (χ1v) is 12.2. The van der Waals surface area contributed by atoms with E-state index >= 15 is 0 Å². The maximum Gasteiger partial charge on any atom is 0.343 e. The first-order valence-electron chi connectivity index (χ1n) is 11.9. The van der Waals surface area contributed by atoms with Gasteiger partial charge in [-0.2, -0.15) is 5.10 Å². The van der Waals surface area contributed by atoms with Crippen LogP contribution in [0, 0.1) is 0 Å². The Labute approximate surface area is 225 Å². The fourth-order valence-corrected chi connectivity index (χ4v) is 3.52. The van der Waals surface area contributed by atoms with Gasteiger partial charge >= 0.3 is 5.97 Å². The lowest BCUT2D eigenvalue weighted by Gasteiger charge is -2.10. The monoisotopic (exact) mass is 528 g/mol. The zero-order valence-corrected chi connectivity index (χ0v) is 21.4. The average Bonchev–Trinajstić information content (AvgIpc) is 2.94. The average molecular weight is 529 g/mol. The summed E-state index contributed by atoms with van der Waals surface area (Å²) < 4.78 is 16.6. The van der Waals surface area contributed by atoms with E-state index in [1.54, 1.807) is 84.9 Å². The molecule has 0 aliphatic rings. The lowest BCUT2D eigenvalue weighted by Crippen LogP contribution is -2.18. The molecule has 0 aliphatic heterocycles. The van der Waals surface area contributed by atoms with Gasteiger partial charge < -0.3 is 14.2 Å². The number of benzene rings is 4. The zero-order valence-electron chi connectivity index (χ0n) is 20.6. The van der Waals surface area contributed by atoms with E-state index in [0.29, 0.717) is 52.2 Å². The van der Waals surface area contributed by atoms with E-state index in [2.05, 4.69) is 10.5 Å². The van der Waals surface area contributed by atoms with E-state index < -0.39 is 11.9 Å². The fourth-order valence-electron chi connectivity index (χ4n) is 3.39. The van der Waals surface area contributed by atoms with Crippen molar-refractivity contribution in [3.63, 3.8) is 0 Å². The molecule has 1 amide bonds. The molecule has 0 fully saturated rings. The smallest absolute Gasteiger partial charge is 0.343 e. The maximum absolute atomic E-state index is 12.7. The highest BCUT2D eigenvalue weighted by molar-refractivity contribution is 6.30. The van der Waals surface area contributed by atoms with Gasteiger partial charge in [-0.15, -0.1) is 0 Å². The number of rotatable bonds is 10. The van der Waals surface area contributed by atoms with Gasteiger partial charge in [0.2, 0.25) is 0 Å². The molecule has 0 atom stereocenters. The second kappa shape index (κ2) is 13.1. The molecule has 4 aromatic rings. The zero-order chi connectivity index (χ0) is 26.7. The van der Waals surface area contributed by atoms with Crippen molar-refractivity contribution in [2.24, 2.45) is 5.10 Å².